The number of benzene rings is 2. The molecule has 8 nitrogen and oxygen atoms in total. The molecule has 3 aromatic rings. The summed E-state index contributed by atoms with van der Waals surface area (Å²) in [6.45, 7) is 1.76. The standard InChI is InChI=1S/C25H28N4O4S/c1-16(22-13-17-6-7-18(22)12-17)28-34(32,33)20-10-8-19(9-11-20)27-24(30)14-29-15-26-23-5-3-2-4-21(23)25(29)31/h2-5,8-11,15-18,22,28H,6-7,12-14H2,1H3,(H,27,30)/t16-,17-,18-,22+/m0/s1. The Morgan fingerprint density at radius 1 is 1.12 bits per heavy atom. The Bertz CT molecular complexity index is 1380. The molecule has 5 rings (SSSR count). The number of carbonyl (C=O) groups excluding carboxylic acids is 1. The molecule has 2 aliphatic rings. The Hall–Kier alpha value is -3.04. The summed E-state index contributed by atoms with van der Waals surface area (Å²) in [5, 5.41) is 3.15. The van der Waals surface area contributed by atoms with Gasteiger partial charge in [-0.05, 0) is 80.3 Å². The molecule has 2 fully saturated rings. The van der Waals surface area contributed by atoms with E-state index in [1.807, 2.05) is 6.92 Å². The minimum Gasteiger partial charge on any atom is -0.325 e. The summed E-state index contributed by atoms with van der Waals surface area (Å²) in [6.07, 6.45) is 6.17. The smallest absolute Gasteiger partial charge is 0.261 e. The van der Waals surface area contributed by atoms with Gasteiger partial charge in [0.15, 0.2) is 0 Å². The predicted molar refractivity (Wildman–Crippen MR) is 130 cm³/mol. The van der Waals surface area contributed by atoms with Crippen molar-refractivity contribution in [2.24, 2.45) is 17.8 Å². The van der Waals surface area contributed by atoms with Gasteiger partial charge in [-0.15, -0.1) is 0 Å². The van der Waals surface area contributed by atoms with Crippen LogP contribution in [0.2, 0.25) is 0 Å². The Balaban J connectivity index is 1.22. The first kappa shape index (κ1) is 22.7. The van der Waals surface area contributed by atoms with Crippen LogP contribution >= 0.6 is 0 Å². The van der Waals surface area contributed by atoms with Crippen molar-refractivity contribution in [3.63, 3.8) is 0 Å². The molecule has 1 aromatic heterocycles. The second kappa shape index (κ2) is 8.96. The normalized spacial score (nSPS) is 22.7. The quantitative estimate of drug-likeness (QED) is 0.540. The van der Waals surface area contributed by atoms with Gasteiger partial charge in [0.2, 0.25) is 15.9 Å². The van der Waals surface area contributed by atoms with E-state index in [0.717, 1.165) is 12.3 Å². The SMILES string of the molecule is C[C@H](NS(=O)(=O)c1ccc(NC(=O)Cn2cnc3ccccc3c2=O)cc1)[C@H]1C[C@H]2CC[C@H]1C2. The molecule has 2 aliphatic carbocycles. The van der Waals surface area contributed by atoms with Gasteiger partial charge in [0, 0.05) is 11.7 Å². The molecular weight excluding hydrogens is 452 g/mol. The zero-order chi connectivity index (χ0) is 23.9. The molecule has 9 heteroatoms. The number of para-hydroxylation sites is 1. The van der Waals surface area contributed by atoms with E-state index in [1.54, 1.807) is 36.4 Å². The van der Waals surface area contributed by atoms with Gasteiger partial charge >= 0.3 is 0 Å². The highest BCUT2D eigenvalue weighted by Crippen LogP contribution is 2.49. The molecular formula is C25H28N4O4S. The summed E-state index contributed by atoms with van der Waals surface area (Å²) >= 11 is 0. The van der Waals surface area contributed by atoms with E-state index < -0.39 is 15.9 Å². The maximum Gasteiger partial charge on any atom is 0.261 e. The molecule has 2 bridgehead atoms. The van der Waals surface area contributed by atoms with Gasteiger partial charge in [0.25, 0.3) is 5.56 Å². The van der Waals surface area contributed by atoms with Crippen LogP contribution in [0.15, 0.2) is 64.5 Å². The van der Waals surface area contributed by atoms with Crippen molar-refractivity contribution in [3.8, 4) is 0 Å². The predicted octanol–water partition coefficient (Wildman–Crippen LogP) is 3.14. The van der Waals surface area contributed by atoms with E-state index in [0.29, 0.717) is 28.4 Å². The van der Waals surface area contributed by atoms with Crippen LogP contribution < -0.4 is 15.6 Å². The van der Waals surface area contributed by atoms with Gasteiger partial charge < -0.3 is 5.32 Å². The molecule has 0 saturated heterocycles. The lowest BCUT2D eigenvalue weighted by Crippen LogP contribution is -2.40. The first-order chi connectivity index (χ1) is 16.3. The largest absolute Gasteiger partial charge is 0.325 e. The summed E-state index contributed by atoms with van der Waals surface area (Å²) < 4.78 is 29.9. The Morgan fingerprint density at radius 3 is 2.59 bits per heavy atom. The average Bonchev–Trinajstić information content (AvgIpc) is 3.45. The van der Waals surface area contributed by atoms with Crippen LogP contribution in [0.25, 0.3) is 10.9 Å². The highest BCUT2D eigenvalue weighted by atomic mass is 32.2. The maximum absolute atomic E-state index is 12.9. The summed E-state index contributed by atoms with van der Waals surface area (Å²) in [6, 6.07) is 12.9. The second-order valence-corrected chi connectivity index (χ2v) is 11.2. The number of carbonyl (C=O) groups is 1. The molecule has 0 spiro atoms. The first-order valence-corrected chi connectivity index (χ1v) is 13.1. The van der Waals surface area contributed by atoms with E-state index >= 15 is 0 Å². The zero-order valence-electron chi connectivity index (χ0n) is 19.0. The lowest BCUT2D eigenvalue weighted by molar-refractivity contribution is -0.116. The Morgan fingerprint density at radius 2 is 1.88 bits per heavy atom. The number of rotatable bonds is 7. The third-order valence-electron chi connectivity index (χ3n) is 7.27. The molecule has 34 heavy (non-hydrogen) atoms. The Labute approximate surface area is 198 Å². The van der Waals surface area contributed by atoms with Crippen LogP contribution in [0, 0.1) is 17.8 Å². The molecule has 2 N–H and O–H groups in total. The number of fused-ring (bicyclic) bond motifs is 3. The number of hydrogen-bond donors (Lipinski definition) is 2. The maximum atomic E-state index is 12.9. The molecule has 1 amide bonds. The molecule has 1 heterocycles. The van der Waals surface area contributed by atoms with Gasteiger partial charge in [0.05, 0.1) is 22.1 Å². The second-order valence-electron chi connectivity index (χ2n) is 9.52. The monoisotopic (exact) mass is 480 g/mol. The van der Waals surface area contributed by atoms with Gasteiger partial charge in [-0.1, -0.05) is 18.6 Å². The van der Waals surface area contributed by atoms with Gasteiger partial charge in [-0.3, -0.25) is 14.2 Å². The van der Waals surface area contributed by atoms with E-state index in [1.165, 1.54) is 42.3 Å². The number of anilines is 1. The van der Waals surface area contributed by atoms with Crippen molar-refractivity contribution in [1.82, 2.24) is 14.3 Å². The van der Waals surface area contributed by atoms with Gasteiger partial charge in [0.1, 0.15) is 6.54 Å². The highest BCUT2D eigenvalue weighted by Gasteiger charge is 2.42. The number of sulfonamides is 1. The lowest BCUT2D eigenvalue weighted by atomic mass is 9.84. The van der Waals surface area contributed by atoms with Crippen molar-refractivity contribution in [2.45, 2.75) is 50.1 Å². The molecule has 2 saturated carbocycles. The van der Waals surface area contributed by atoms with Crippen LogP contribution in [0.5, 0.6) is 0 Å². The fraction of sp³-hybridized carbons (Fsp3) is 0.400. The summed E-state index contributed by atoms with van der Waals surface area (Å²) in [4.78, 5) is 29.4. The third-order valence-corrected chi connectivity index (χ3v) is 8.84. The minimum atomic E-state index is -3.65. The van der Waals surface area contributed by atoms with E-state index in [4.69, 9.17) is 0 Å². The fourth-order valence-corrected chi connectivity index (χ4v) is 6.89. The van der Waals surface area contributed by atoms with E-state index in [2.05, 4.69) is 15.0 Å². The zero-order valence-corrected chi connectivity index (χ0v) is 19.8. The number of nitrogens with zero attached hydrogens (tertiary/aromatic N) is 2. The summed E-state index contributed by atoms with van der Waals surface area (Å²) in [7, 11) is -3.65. The molecule has 0 radical (unpaired) electrons. The first-order valence-electron chi connectivity index (χ1n) is 11.7. The number of nitrogens with one attached hydrogen (secondary N) is 2. The Kier molecular flexibility index (Phi) is 5.99. The summed E-state index contributed by atoms with van der Waals surface area (Å²) in [5.41, 5.74) is 0.731. The van der Waals surface area contributed by atoms with Crippen molar-refractivity contribution in [2.75, 3.05) is 5.32 Å². The van der Waals surface area contributed by atoms with Crippen LogP contribution in [0.1, 0.15) is 32.6 Å². The molecule has 4 atom stereocenters. The summed E-state index contributed by atoms with van der Waals surface area (Å²) in [5.74, 6) is 1.38. The topological polar surface area (TPSA) is 110 Å². The molecule has 178 valence electrons. The highest BCUT2D eigenvalue weighted by molar-refractivity contribution is 7.89. The molecule has 2 aromatic carbocycles. The van der Waals surface area contributed by atoms with E-state index in [-0.39, 0.29) is 23.0 Å². The molecule has 0 aliphatic heterocycles. The number of aromatic nitrogens is 2. The van der Waals surface area contributed by atoms with Crippen LogP contribution in [0.4, 0.5) is 5.69 Å². The van der Waals surface area contributed by atoms with Crippen LogP contribution in [0.3, 0.4) is 0 Å². The number of amides is 1. The third kappa shape index (κ3) is 4.50. The van der Waals surface area contributed by atoms with E-state index in [9.17, 15) is 18.0 Å². The van der Waals surface area contributed by atoms with Gasteiger partial charge in [-0.2, -0.15) is 0 Å². The minimum absolute atomic E-state index is 0.103. The van der Waals surface area contributed by atoms with Crippen LogP contribution in [-0.4, -0.2) is 29.9 Å². The fourth-order valence-electron chi connectivity index (χ4n) is 5.60. The van der Waals surface area contributed by atoms with Crippen molar-refractivity contribution < 1.29 is 13.2 Å². The van der Waals surface area contributed by atoms with Crippen molar-refractivity contribution in [1.29, 1.82) is 0 Å². The van der Waals surface area contributed by atoms with Crippen molar-refractivity contribution >= 4 is 32.5 Å². The number of hydrogen-bond acceptors (Lipinski definition) is 5. The molecule has 0 unspecified atom stereocenters. The van der Waals surface area contributed by atoms with Crippen LogP contribution in [-0.2, 0) is 21.4 Å². The van der Waals surface area contributed by atoms with Crippen molar-refractivity contribution in [3.05, 3.63) is 65.2 Å². The average molecular weight is 481 g/mol. The van der Waals surface area contributed by atoms with Gasteiger partial charge in [-0.25, -0.2) is 18.1 Å². The lowest BCUT2D eigenvalue weighted by Gasteiger charge is -2.28.